The summed E-state index contributed by atoms with van der Waals surface area (Å²) >= 11 is 0. The average molecular weight is 758 g/mol. The zero-order valence-electron chi connectivity index (χ0n) is 30.1. The van der Waals surface area contributed by atoms with E-state index in [-0.39, 0.29) is 12.2 Å². The van der Waals surface area contributed by atoms with E-state index in [1.165, 1.54) is 13.1 Å². The van der Waals surface area contributed by atoms with Crippen LogP contribution in [-0.4, -0.2) is 71.7 Å². The molecule has 2 aliphatic rings. The van der Waals surface area contributed by atoms with Crippen LogP contribution in [0.2, 0.25) is 0 Å². The third-order valence-electron chi connectivity index (χ3n) is 10.2. The Morgan fingerprint density at radius 2 is 1.38 bits per heavy atom. The van der Waals surface area contributed by atoms with E-state index in [9.17, 15) is 27.6 Å². The van der Waals surface area contributed by atoms with Gasteiger partial charge in [-0.3, -0.25) is 19.1 Å². The third-order valence-corrected chi connectivity index (χ3v) is 10.2. The van der Waals surface area contributed by atoms with Crippen molar-refractivity contribution in [3.63, 3.8) is 0 Å². The number of nitrogens with one attached hydrogen (secondary N) is 1. The molecule has 0 saturated carbocycles. The number of ether oxygens (including phenoxy) is 5. The molecular formula is C41H38F3N3O8. The van der Waals surface area contributed by atoms with Crippen molar-refractivity contribution in [1.29, 1.82) is 0 Å². The summed E-state index contributed by atoms with van der Waals surface area (Å²) in [5, 5.41) is 0. The maximum Gasteiger partial charge on any atom is 0.471 e. The average Bonchev–Trinajstić information content (AvgIpc) is 3.68. The Bertz CT molecular complexity index is 2200. The minimum Gasteiger partial charge on any atom is -0.497 e. The molecule has 2 aliphatic heterocycles. The zero-order valence-corrected chi connectivity index (χ0v) is 30.1. The van der Waals surface area contributed by atoms with E-state index in [0.717, 1.165) is 4.57 Å². The first-order valence-electron chi connectivity index (χ1n) is 17.4. The first-order chi connectivity index (χ1) is 26.4. The fourth-order valence-electron chi connectivity index (χ4n) is 7.52. The quantitative estimate of drug-likeness (QED) is 0.166. The van der Waals surface area contributed by atoms with Gasteiger partial charge in [0.15, 0.2) is 6.23 Å². The molecule has 0 radical (unpaired) electrons. The molecule has 11 nitrogen and oxygen atoms in total. The molecule has 0 unspecified atom stereocenters. The summed E-state index contributed by atoms with van der Waals surface area (Å²) in [4.78, 5) is 41.8. The zero-order chi connectivity index (χ0) is 39.0. The van der Waals surface area contributed by atoms with E-state index in [2.05, 4.69) is 4.98 Å². The molecular weight excluding hydrogens is 719 g/mol. The molecule has 286 valence electrons. The first kappa shape index (κ1) is 37.6. The minimum atomic E-state index is -5.27. The van der Waals surface area contributed by atoms with Gasteiger partial charge in [-0.2, -0.15) is 13.2 Å². The molecule has 3 heterocycles. The van der Waals surface area contributed by atoms with Crippen LogP contribution in [0.25, 0.3) is 0 Å². The van der Waals surface area contributed by atoms with Crippen molar-refractivity contribution in [3.05, 3.63) is 164 Å². The van der Waals surface area contributed by atoms with E-state index in [0.29, 0.717) is 38.7 Å². The van der Waals surface area contributed by atoms with Gasteiger partial charge in [0.05, 0.1) is 34.0 Å². The van der Waals surface area contributed by atoms with Crippen molar-refractivity contribution in [2.24, 2.45) is 0 Å². The topological polar surface area (TPSA) is 121 Å². The monoisotopic (exact) mass is 757 g/mol. The highest BCUT2D eigenvalue weighted by Gasteiger charge is 2.69. The lowest BCUT2D eigenvalue weighted by atomic mass is 9.79. The highest BCUT2D eigenvalue weighted by atomic mass is 19.4. The fraction of sp³-hybridized carbons (Fsp3) is 0.293. The lowest BCUT2D eigenvalue weighted by Crippen LogP contribution is -2.55. The summed E-state index contributed by atoms with van der Waals surface area (Å²) in [6.45, 7) is 0.374. The number of aromatic amines is 1. The maximum atomic E-state index is 14.4. The Balaban J connectivity index is 1.41. The molecule has 0 aliphatic carbocycles. The molecule has 1 aromatic heterocycles. The Hall–Kier alpha value is -5.70. The molecule has 2 saturated heterocycles. The third kappa shape index (κ3) is 6.92. The van der Waals surface area contributed by atoms with Crippen LogP contribution < -0.4 is 20.7 Å². The number of morpholine rings is 1. The van der Waals surface area contributed by atoms with Gasteiger partial charge in [0.25, 0.3) is 5.56 Å². The first-order valence-corrected chi connectivity index (χ1v) is 17.4. The fourth-order valence-corrected chi connectivity index (χ4v) is 7.52. The van der Waals surface area contributed by atoms with Crippen LogP contribution in [0, 0.1) is 6.92 Å². The lowest BCUT2D eigenvalue weighted by molar-refractivity contribution is -0.208. The minimum absolute atomic E-state index is 0.0613. The van der Waals surface area contributed by atoms with Crippen molar-refractivity contribution >= 4 is 5.91 Å². The molecule has 2 fully saturated rings. The van der Waals surface area contributed by atoms with E-state index in [1.807, 2.05) is 60.7 Å². The van der Waals surface area contributed by atoms with Crippen LogP contribution in [0.1, 0.15) is 34.0 Å². The van der Waals surface area contributed by atoms with Crippen LogP contribution in [-0.2, 0) is 31.2 Å². The van der Waals surface area contributed by atoms with Gasteiger partial charge in [-0.1, -0.05) is 84.9 Å². The second-order valence-electron chi connectivity index (χ2n) is 13.5. The van der Waals surface area contributed by atoms with Gasteiger partial charge in [-0.15, -0.1) is 0 Å². The Morgan fingerprint density at radius 1 is 0.836 bits per heavy atom. The molecule has 55 heavy (non-hydrogen) atoms. The summed E-state index contributed by atoms with van der Waals surface area (Å²) in [7, 11) is 3.09. The Kier molecular flexibility index (Phi) is 10.2. The van der Waals surface area contributed by atoms with Crippen molar-refractivity contribution in [2.75, 3.05) is 27.4 Å². The number of methoxy groups -OCH3 is 2. The number of carbonyl (C=O) groups is 1. The Labute approximate surface area is 313 Å². The Morgan fingerprint density at radius 3 is 1.93 bits per heavy atom. The number of rotatable bonds is 12. The van der Waals surface area contributed by atoms with Gasteiger partial charge in [0.1, 0.15) is 34.8 Å². The molecule has 1 N–H and O–H groups in total. The standard InChI is InChI=1S/C41H38F3N3O8/c1-26-22-46(38(50)45-35(26)48)36-33-34(53-23-27-10-6-4-7-11-27)39(55-36,24-47(33)37(49)41(42,43)44)25-54-40(28-12-8-5-9-13-28,29-14-18-31(51-2)19-15-29)30-16-20-32(52-3)21-17-30/h4-22,33-34,36H,23-25H2,1-3H3,(H,45,48,50)/t33-,34+,36-,39-/m1/s1. The van der Waals surface area contributed by atoms with E-state index >= 15 is 0 Å². The normalized spacial score (nSPS) is 20.8. The number of hydrogen-bond donors (Lipinski definition) is 1. The van der Waals surface area contributed by atoms with E-state index in [1.54, 1.807) is 62.8 Å². The van der Waals surface area contributed by atoms with Gasteiger partial charge in [0.2, 0.25) is 0 Å². The van der Waals surface area contributed by atoms with E-state index < -0.39 is 66.1 Å². The summed E-state index contributed by atoms with van der Waals surface area (Å²) in [5.41, 5.74) is -2.03. The summed E-state index contributed by atoms with van der Waals surface area (Å²) in [5.74, 6) is -0.969. The highest BCUT2D eigenvalue weighted by molar-refractivity contribution is 5.83. The van der Waals surface area contributed by atoms with Crippen LogP contribution in [0.5, 0.6) is 11.5 Å². The summed E-state index contributed by atoms with van der Waals surface area (Å²) in [6, 6.07) is 31.2. The molecule has 0 spiro atoms. The van der Waals surface area contributed by atoms with Gasteiger partial charge >= 0.3 is 17.8 Å². The summed E-state index contributed by atoms with van der Waals surface area (Å²) in [6.07, 6.45) is -6.81. The van der Waals surface area contributed by atoms with Crippen LogP contribution in [0.4, 0.5) is 13.2 Å². The predicted octanol–water partition coefficient (Wildman–Crippen LogP) is 5.50. The van der Waals surface area contributed by atoms with Crippen molar-refractivity contribution in [3.8, 4) is 11.5 Å². The van der Waals surface area contributed by atoms with Crippen LogP contribution in [0.15, 0.2) is 125 Å². The van der Waals surface area contributed by atoms with Gasteiger partial charge in [0, 0.05) is 11.8 Å². The highest BCUT2D eigenvalue weighted by Crippen LogP contribution is 2.51. The van der Waals surface area contributed by atoms with Gasteiger partial charge in [-0.05, 0) is 53.4 Å². The summed E-state index contributed by atoms with van der Waals surface area (Å²) < 4.78 is 75.3. The van der Waals surface area contributed by atoms with Crippen molar-refractivity contribution in [1.82, 2.24) is 14.5 Å². The van der Waals surface area contributed by atoms with Gasteiger partial charge < -0.3 is 28.6 Å². The van der Waals surface area contributed by atoms with Crippen LogP contribution >= 0.6 is 0 Å². The number of H-pyrrole nitrogens is 1. The van der Waals surface area contributed by atoms with Crippen molar-refractivity contribution in [2.45, 2.75) is 49.3 Å². The SMILES string of the molecule is COc1ccc(C(OC[C@@]23CN(C(=O)C(F)(F)F)[C@@H]([C@H](n4cc(C)c(=O)[nH]c4=O)O2)[C@@H]3OCc2ccccc2)(c2ccccc2)c2ccc(OC)cc2)cc1. The number of alkyl halides is 3. The largest absolute Gasteiger partial charge is 0.497 e. The smallest absolute Gasteiger partial charge is 0.471 e. The molecule has 2 bridgehead atoms. The molecule has 14 heteroatoms. The number of aryl methyl sites for hydroxylation is 1. The second-order valence-corrected chi connectivity index (χ2v) is 13.5. The van der Waals surface area contributed by atoms with Gasteiger partial charge in [-0.25, -0.2) is 4.79 Å². The number of nitrogens with zero attached hydrogens (tertiary/aromatic N) is 2. The van der Waals surface area contributed by atoms with E-state index in [4.69, 9.17) is 23.7 Å². The number of fused-ring (bicyclic) bond motifs is 2. The molecule has 4 atom stereocenters. The lowest BCUT2D eigenvalue weighted by Gasteiger charge is -2.41. The molecule has 5 aromatic rings. The predicted molar refractivity (Wildman–Crippen MR) is 194 cm³/mol. The number of hydrogen-bond acceptors (Lipinski definition) is 8. The molecule has 7 rings (SSSR count). The number of benzene rings is 4. The second kappa shape index (κ2) is 14.9. The molecule has 1 amide bonds. The number of likely N-dealkylation sites (tertiary alicyclic amines) is 1. The number of carbonyl (C=O) groups excluding carboxylic acids is 1. The number of aromatic nitrogens is 2. The molecule has 4 aromatic carbocycles. The van der Waals surface area contributed by atoms with Crippen molar-refractivity contribution < 1.29 is 41.7 Å². The maximum absolute atomic E-state index is 14.4. The van der Waals surface area contributed by atoms with Crippen LogP contribution in [0.3, 0.4) is 0 Å². The number of halogens is 3. The number of amides is 1.